The largest absolute Gasteiger partial charge is 0.392 e. The molecule has 1 saturated heterocycles. The molecule has 48 valence electrons. The SMILES string of the molecule is CC1CS(=O)CC1O. The quantitative estimate of drug-likeness (QED) is 0.496. The van der Waals surface area contributed by atoms with E-state index in [0.717, 1.165) is 0 Å². The van der Waals surface area contributed by atoms with Crippen LogP contribution in [-0.2, 0) is 10.8 Å². The lowest BCUT2D eigenvalue weighted by atomic mass is 10.1. The molecule has 1 N–H and O–H groups in total. The second-order valence-corrected chi connectivity index (χ2v) is 3.86. The molecule has 0 saturated carbocycles. The summed E-state index contributed by atoms with van der Waals surface area (Å²) in [6, 6.07) is 0. The molecule has 3 atom stereocenters. The molecule has 1 heterocycles. The highest BCUT2D eigenvalue weighted by atomic mass is 32.2. The lowest BCUT2D eigenvalue weighted by Gasteiger charge is -2.02. The van der Waals surface area contributed by atoms with Gasteiger partial charge in [-0.05, 0) is 5.92 Å². The summed E-state index contributed by atoms with van der Waals surface area (Å²) >= 11 is 0. The topological polar surface area (TPSA) is 37.3 Å². The van der Waals surface area contributed by atoms with Gasteiger partial charge in [-0.3, -0.25) is 4.21 Å². The highest BCUT2D eigenvalue weighted by molar-refractivity contribution is 7.85. The molecule has 1 fully saturated rings. The lowest BCUT2D eigenvalue weighted by molar-refractivity contribution is 0.159. The maximum absolute atomic E-state index is 10.6. The predicted molar refractivity (Wildman–Crippen MR) is 33.0 cm³/mol. The smallest absolute Gasteiger partial charge is 0.0689 e. The molecular weight excluding hydrogens is 124 g/mol. The van der Waals surface area contributed by atoms with Gasteiger partial charge in [0, 0.05) is 22.3 Å². The van der Waals surface area contributed by atoms with Gasteiger partial charge in [0.15, 0.2) is 0 Å². The minimum atomic E-state index is -0.733. The van der Waals surface area contributed by atoms with Crippen LogP contribution in [0.15, 0.2) is 0 Å². The minimum Gasteiger partial charge on any atom is -0.392 e. The molecule has 2 nitrogen and oxygen atoms in total. The Morgan fingerprint density at radius 2 is 2.25 bits per heavy atom. The molecule has 0 aliphatic carbocycles. The first-order valence-corrected chi connectivity index (χ1v) is 4.22. The predicted octanol–water partition coefficient (Wildman–Crippen LogP) is -0.254. The molecular formula is C5H10O2S. The van der Waals surface area contributed by atoms with Crippen molar-refractivity contribution in [1.29, 1.82) is 0 Å². The lowest BCUT2D eigenvalue weighted by Crippen LogP contribution is -2.13. The summed E-state index contributed by atoms with van der Waals surface area (Å²) < 4.78 is 10.6. The van der Waals surface area contributed by atoms with E-state index in [1.54, 1.807) is 0 Å². The minimum absolute atomic E-state index is 0.246. The number of hydrogen-bond donors (Lipinski definition) is 1. The fourth-order valence-corrected chi connectivity index (χ4v) is 2.48. The number of hydrogen-bond acceptors (Lipinski definition) is 2. The third-order valence-corrected chi connectivity index (χ3v) is 3.07. The van der Waals surface area contributed by atoms with E-state index in [1.165, 1.54) is 0 Å². The summed E-state index contributed by atoms with van der Waals surface area (Å²) in [5.74, 6) is 1.42. The van der Waals surface area contributed by atoms with Crippen molar-refractivity contribution in [2.75, 3.05) is 11.5 Å². The Labute approximate surface area is 51.4 Å². The summed E-state index contributed by atoms with van der Waals surface area (Å²) in [7, 11) is -0.733. The Kier molecular flexibility index (Phi) is 1.68. The van der Waals surface area contributed by atoms with Gasteiger partial charge in [0.1, 0.15) is 0 Å². The van der Waals surface area contributed by atoms with Crippen LogP contribution in [0.4, 0.5) is 0 Å². The van der Waals surface area contributed by atoms with E-state index in [0.29, 0.717) is 11.5 Å². The average Bonchev–Trinajstić information content (AvgIpc) is 1.85. The van der Waals surface area contributed by atoms with Crippen LogP contribution >= 0.6 is 0 Å². The highest BCUT2D eigenvalue weighted by Gasteiger charge is 2.26. The first-order chi connectivity index (χ1) is 3.70. The molecule has 1 aliphatic heterocycles. The third-order valence-electron chi connectivity index (χ3n) is 1.46. The summed E-state index contributed by atoms with van der Waals surface area (Å²) in [6.45, 7) is 1.93. The Morgan fingerprint density at radius 3 is 2.38 bits per heavy atom. The number of aliphatic hydroxyl groups excluding tert-OH is 1. The second-order valence-electron chi connectivity index (χ2n) is 2.32. The van der Waals surface area contributed by atoms with Crippen LogP contribution in [-0.4, -0.2) is 26.9 Å². The zero-order chi connectivity index (χ0) is 6.15. The van der Waals surface area contributed by atoms with Crippen molar-refractivity contribution in [2.45, 2.75) is 13.0 Å². The van der Waals surface area contributed by atoms with Gasteiger partial charge in [-0.25, -0.2) is 0 Å². The molecule has 0 aromatic heterocycles. The summed E-state index contributed by atoms with van der Waals surface area (Å²) in [5, 5.41) is 8.98. The normalized spacial score (nSPS) is 47.5. The molecule has 0 radical (unpaired) electrons. The van der Waals surface area contributed by atoms with Crippen molar-refractivity contribution in [1.82, 2.24) is 0 Å². The van der Waals surface area contributed by atoms with Gasteiger partial charge >= 0.3 is 0 Å². The van der Waals surface area contributed by atoms with Crippen LogP contribution < -0.4 is 0 Å². The molecule has 0 bridgehead atoms. The van der Waals surface area contributed by atoms with Gasteiger partial charge in [0.2, 0.25) is 0 Å². The highest BCUT2D eigenvalue weighted by Crippen LogP contribution is 2.14. The fraction of sp³-hybridized carbons (Fsp3) is 1.00. The zero-order valence-electron chi connectivity index (χ0n) is 4.83. The second kappa shape index (κ2) is 2.15. The Hall–Kier alpha value is 0.110. The Balaban J connectivity index is 2.51. The van der Waals surface area contributed by atoms with Crippen LogP contribution in [0.3, 0.4) is 0 Å². The summed E-state index contributed by atoms with van der Waals surface area (Å²) in [6.07, 6.45) is -0.309. The fourth-order valence-electron chi connectivity index (χ4n) is 0.827. The Bertz CT molecular complexity index is 101. The van der Waals surface area contributed by atoms with Crippen molar-refractivity contribution in [3.63, 3.8) is 0 Å². The van der Waals surface area contributed by atoms with Crippen molar-refractivity contribution < 1.29 is 9.32 Å². The van der Waals surface area contributed by atoms with E-state index >= 15 is 0 Å². The molecule has 0 aromatic rings. The zero-order valence-corrected chi connectivity index (χ0v) is 5.65. The van der Waals surface area contributed by atoms with Gasteiger partial charge in [-0.1, -0.05) is 6.92 Å². The summed E-state index contributed by atoms with van der Waals surface area (Å²) in [4.78, 5) is 0. The van der Waals surface area contributed by atoms with Gasteiger partial charge in [0.25, 0.3) is 0 Å². The maximum Gasteiger partial charge on any atom is 0.0689 e. The molecule has 3 heteroatoms. The van der Waals surface area contributed by atoms with Crippen LogP contribution in [0.25, 0.3) is 0 Å². The number of rotatable bonds is 0. The van der Waals surface area contributed by atoms with Crippen LogP contribution in [0.5, 0.6) is 0 Å². The molecule has 0 spiro atoms. The third kappa shape index (κ3) is 1.09. The molecule has 1 rings (SSSR count). The standard InChI is InChI=1S/C5H10O2S/c1-4-2-8(7)3-5(4)6/h4-6H,2-3H2,1H3. The van der Waals surface area contributed by atoms with E-state index in [1.807, 2.05) is 6.92 Å². The molecule has 3 unspecified atom stereocenters. The monoisotopic (exact) mass is 134 g/mol. The molecule has 1 aliphatic rings. The first kappa shape index (κ1) is 6.23. The van der Waals surface area contributed by atoms with Gasteiger partial charge in [-0.2, -0.15) is 0 Å². The maximum atomic E-state index is 10.6. The average molecular weight is 134 g/mol. The van der Waals surface area contributed by atoms with E-state index in [-0.39, 0.29) is 12.0 Å². The number of aliphatic hydroxyl groups is 1. The summed E-state index contributed by atoms with van der Waals surface area (Å²) in [5.41, 5.74) is 0. The van der Waals surface area contributed by atoms with Crippen LogP contribution in [0.2, 0.25) is 0 Å². The van der Waals surface area contributed by atoms with E-state index in [4.69, 9.17) is 5.11 Å². The van der Waals surface area contributed by atoms with Gasteiger partial charge < -0.3 is 5.11 Å². The van der Waals surface area contributed by atoms with E-state index in [9.17, 15) is 4.21 Å². The van der Waals surface area contributed by atoms with E-state index in [2.05, 4.69) is 0 Å². The van der Waals surface area contributed by atoms with E-state index < -0.39 is 10.8 Å². The van der Waals surface area contributed by atoms with Gasteiger partial charge in [0.05, 0.1) is 6.10 Å². The molecule has 0 aromatic carbocycles. The molecule has 0 amide bonds. The van der Waals surface area contributed by atoms with Crippen molar-refractivity contribution in [3.05, 3.63) is 0 Å². The van der Waals surface area contributed by atoms with Gasteiger partial charge in [-0.15, -0.1) is 0 Å². The molecule has 8 heavy (non-hydrogen) atoms. The van der Waals surface area contributed by atoms with Crippen LogP contribution in [0, 0.1) is 5.92 Å². The van der Waals surface area contributed by atoms with Crippen molar-refractivity contribution in [3.8, 4) is 0 Å². The van der Waals surface area contributed by atoms with Crippen LogP contribution in [0.1, 0.15) is 6.92 Å². The first-order valence-electron chi connectivity index (χ1n) is 2.73. The van der Waals surface area contributed by atoms with Crippen molar-refractivity contribution in [2.24, 2.45) is 5.92 Å². The van der Waals surface area contributed by atoms with Crippen molar-refractivity contribution >= 4 is 10.8 Å². The Morgan fingerprint density at radius 1 is 1.62 bits per heavy atom.